The lowest BCUT2D eigenvalue weighted by Crippen LogP contribution is -2.49. The molecule has 2 saturated heterocycles. The van der Waals surface area contributed by atoms with Crippen LogP contribution >= 0.6 is 0 Å². The van der Waals surface area contributed by atoms with Gasteiger partial charge in [0.15, 0.2) is 0 Å². The largest absolute Gasteiger partial charge is 0.444 e. The third-order valence-electron chi connectivity index (χ3n) is 7.28. The van der Waals surface area contributed by atoms with Crippen LogP contribution in [0, 0.1) is 10.1 Å². The molecule has 3 aliphatic heterocycles. The first-order chi connectivity index (χ1) is 17.0. The van der Waals surface area contributed by atoms with Gasteiger partial charge in [0, 0.05) is 49.4 Å². The number of nitro benzene ring substituents is 1. The number of amides is 2. The normalized spacial score (nSPS) is 19.1. The SMILES string of the molecule is O=C(c1ccc(N2CCC(N3C(=O)OCc4ccccc43)CC2)c([N+](=O)[O-])c1)N1CCCCCC1. The summed E-state index contributed by atoms with van der Waals surface area (Å²) < 4.78 is 5.37. The average Bonchev–Trinajstić information content (AvgIpc) is 3.18. The summed E-state index contributed by atoms with van der Waals surface area (Å²) >= 11 is 0. The molecule has 0 radical (unpaired) electrons. The number of carbonyl (C=O) groups excluding carboxylic acids is 2. The van der Waals surface area contributed by atoms with Crippen LogP contribution in [0.3, 0.4) is 0 Å². The molecule has 9 heteroatoms. The van der Waals surface area contributed by atoms with Crippen molar-refractivity contribution in [3.05, 3.63) is 63.7 Å². The Bertz CT molecular complexity index is 1120. The average molecular weight is 479 g/mol. The third-order valence-corrected chi connectivity index (χ3v) is 7.28. The molecular weight excluding hydrogens is 448 g/mol. The molecular formula is C26H30N4O5. The van der Waals surface area contributed by atoms with Gasteiger partial charge in [0.2, 0.25) is 0 Å². The fourth-order valence-corrected chi connectivity index (χ4v) is 5.41. The molecule has 0 aliphatic carbocycles. The first-order valence-corrected chi connectivity index (χ1v) is 12.4. The van der Waals surface area contributed by atoms with E-state index in [1.54, 1.807) is 17.0 Å². The van der Waals surface area contributed by atoms with Gasteiger partial charge in [-0.3, -0.25) is 19.8 Å². The van der Waals surface area contributed by atoms with Gasteiger partial charge in [-0.05, 0) is 43.9 Å². The Balaban J connectivity index is 1.32. The second-order valence-electron chi connectivity index (χ2n) is 9.44. The lowest BCUT2D eigenvalue weighted by molar-refractivity contribution is -0.384. The van der Waals surface area contributed by atoms with Gasteiger partial charge < -0.3 is 14.5 Å². The minimum Gasteiger partial charge on any atom is -0.444 e. The zero-order valence-corrected chi connectivity index (χ0v) is 19.7. The zero-order valence-electron chi connectivity index (χ0n) is 19.7. The van der Waals surface area contributed by atoms with Crippen LogP contribution in [0.5, 0.6) is 0 Å². The highest BCUT2D eigenvalue weighted by Crippen LogP contribution is 2.35. The summed E-state index contributed by atoms with van der Waals surface area (Å²) in [5.41, 5.74) is 2.69. The quantitative estimate of drug-likeness (QED) is 0.465. The number of anilines is 2. The number of ether oxygens (including phenoxy) is 1. The maximum absolute atomic E-state index is 13.0. The van der Waals surface area contributed by atoms with Crippen LogP contribution in [0.1, 0.15) is 54.4 Å². The number of benzene rings is 2. The Morgan fingerprint density at radius 3 is 2.37 bits per heavy atom. The van der Waals surface area contributed by atoms with Gasteiger partial charge >= 0.3 is 6.09 Å². The number of fused-ring (bicyclic) bond motifs is 1. The molecule has 0 aromatic heterocycles. The van der Waals surface area contributed by atoms with Crippen molar-refractivity contribution >= 4 is 29.1 Å². The monoisotopic (exact) mass is 478 g/mol. The van der Waals surface area contributed by atoms with Crippen molar-refractivity contribution in [2.45, 2.75) is 51.2 Å². The maximum atomic E-state index is 13.0. The first-order valence-electron chi connectivity index (χ1n) is 12.4. The Kier molecular flexibility index (Phi) is 6.57. The lowest BCUT2D eigenvalue weighted by Gasteiger charge is -2.40. The Hall–Kier alpha value is -3.62. The number of hydrogen-bond donors (Lipinski definition) is 0. The molecule has 0 N–H and O–H groups in total. The highest BCUT2D eigenvalue weighted by Gasteiger charge is 2.35. The van der Waals surface area contributed by atoms with Crippen molar-refractivity contribution in [1.82, 2.24) is 4.90 Å². The standard InChI is InChI=1S/C26H30N4O5/c31-25(28-13-5-1-2-6-14-28)19-9-10-23(24(17-19)30(33)34)27-15-11-21(12-16-27)29-22-8-4-3-7-20(22)18-35-26(29)32/h3-4,7-10,17,21H,1-2,5-6,11-16,18H2. The summed E-state index contributed by atoms with van der Waals surface area (Å²) in [6, 6.07) is 12.5. The number of piperidine rings is 1. The Morgan fingerprint density at radius 1 is 0.943 bits per heavy atom. The van der Waals surface area contributed by atoms with Gasteiger partial charge in [0.1, 0.15) is 12.3 Å². The molecule has 2 aromatic rings. The van der Waals surface area contributed by atoms with E-state index in [1.165, 1.54) is 6.07 Å². The second kappa shape index (κ2) is 9.93. The van der Waals surface area contributed by atoms with E-state index < -0.39 is 4.92 Å². The van der Waals surface area contributed by atoms with E-state index in [1.807, 2.05) is 34.1 Å². The predicted octanol–water partition coefficient (Wildman–Crippen LogP) is 4.74. The molecule has 35 heavy (non-hydrogen) atoms. The van der Waals surface area contributed by atoms with Gasteiger partial charge in [0.25, 0.3) is 11.6 Å². The van der Waals surface area contributed by atoms with E-state index in [9.17, 15) is 19.7 Å². The minimum atomic E-state index is -0.404. The van der Waals surface area contributed by atoms with Gasteiger partial charge in [-0.25, -0.2) is 4.79 Å². The number of para-hydroxylation sites is 1. The number of carbonyl (C=O) groups is 2. The number of hydrogen-bond acceptors (Lipinski definition) is 6. The number of likely N-dealkylation sites (tertiary alicyclic amines) is 1. The van der Waals surface area contributed by atoms with E-state index in [0.29, 0.717) is 50.3 Å². The van der Waals surface area contributed by atoms with Gasteiger partial charge in [-0.15, -0.1) is 0 Å². The highest BCUT2D eigenvalue weighted by molar-refractivity contribution is 5.96. The smallest absolute Gasteiger partial charge is 0.414 e. The van der Waals surface area contributed by atoms with Crippen LogP contribution in [0.15, 0.2) is 42.5 Å². The topological polar surface area (TPSA) is 96.2 Å². The molecule has 9 nitrogen and oxygen atoms in total. The number of nitro groups is 1. The molecule has 184 valence electrons. The zero-order chi connectivity index (χ0) is 24.4. The van der Waals surface area contributed by atoms with Crippen molar-refractivity contribution < 1.29 is 19.2 Å². The van der Waals surface area contributed by atoms with Crippen molar-refractivity contribution in [1.29, 1.82) is 0 Å². The van der Waals surface area contributed by atoms with Crippen molar-refractivity contribution in [2.24, 2.45) is 0 Å². The molecule has 0 atom stereocenters. The van der Waals surface area contributed by atoms with Crippen molar-refractivity contribution in [3.8, 4) is 0 Å². The predicted molar refractivity (Wildman–Crippen MR) is 132 cm³/mol. The molecule has 0 unspecified atom stereocenters. The number of rotatable bonds is 4. The van der Waals surface area contributed by atoms with Gasteiger partial charge in [0.05, 0.1) is 10.6 Å². The summed E-state index contributed by atoms with van der Waals surface area (Å²) in [4.78, 5) is 42.6. The summed E-state index contributed by atoms with van der Waals surface area (Å²) in [5, 5.41) is 11.9. The van der Waals surface area contributed by atoms with E-state index in [0.717, 1.165) is 36.9 Å². The van der Waals surface area contributed by atoms with Crippen molar-refractivity contribution in [3.63, 3.8) is 0 Å². The molecule has 3 aliphatic rings. The fourth-order valence-electron chi connectivity index (χ4n) is 5.41. The fraction of sp³-hybridized carbons (Fsp3) is 0.462. The molecule has 2 fully saturated rings. The molecule has 0 bridgehead atoms. The van der Waals surface area contributed by atoms with Crippen LogP contribution in [0.4, 0.5) is 21.9 Å². The van der Waals surface area contributed by atoms with Crippen LogP contribution in [0.2, 0.25) is 0 Å². The minimum absolute atomic E-state index is 0.0388. The summed E-state index contributed by atoms with van der Waals surface area (Å²) in [5.74, 6) is -0.137. The first kappa shape index (κ1) is 23.1. The molecule has 5 rings (SSSR count). The number of nitrogens with zero attached hydrogens (tertiary/aromatic N) is 4. The van der Waals surface area contributed by atoms with E-state index in [-0.39, 0.29) is 30.3 Å². The summed E-state index contributed by atoms with van der Waals surface area (Å²) in [6.07, 6.45) is 5.14. The molecule has 2 aromatic carbocycles. The molecule has 0 saturated carbocycles. The lowest BCUT2D eigenvalue weighted by atomic mass is 9.99. The van der Waals surface area contributed by atoms with Crippen LogP contribution in [-0.4, -0.2) is 54.0 Å². The van der Waals surface area contributed by atoms with Crippen LogP contribution in [-0.2, 0) is 11.3 Å². The van der Waals surface area contributed by atoms with Crippen LogP contribution in [0.25, 0.3) is 0 Å². The van der Waals surface area contributed by atoms with Gasteiger partial charge in [-0.2, -0.15) is 0 Å². The van der Waals surface area contributed by atoms with Gasteiger partial charge in [-0.1, -0.05) is 31.0 Å². The maximum Gasteiger partial charge on any atom is 0.414 e. The summed E-state index contributed by atoms with van der Waals surface area (Å²) in [7, 11) is 0. The highest BCUT2D eigenvalue weighted by atomic mass is 16.6. The van der Waals surface area contributed by atoms with E-state index in [2.05, 4.69) is 0 Å². The van der Waals surface area contributed by atoms with Crippen molar-refractivity contribution in [2.75, 3.05) is 36.0 Å². The molecule has 0 spiro atoms. The van der Waals surface area contributed by atoms with E-state index in [4.69, 9.17) is 4.74 Å². The number of cyclic esters (lactones) is 1. The second-order valence-corrected chi connectivity index (χ2v) is 9.44. The Labute approximate surface area is 204 Å². The van der Waals surface area contributed by atoms with Crippen LogP contribution < -0.4 is 9.80 Å². The third kappa shape index (κ3) is 4.67. The Morgan fingerprint density at radius 2 is 1.66 bits per heavy atom. The summed E-state index contributed by atoms with van der Waals surface area (Å²) in [6.45, 7) is 2.81. The molecule has 3 heterocycles. The molecule has 2 amide bonds. The van der Waals surface area contributed by atoms with E-state index >= 15 is 0 Å².